The molecule has 0 spiro atoms. The molecule has 1 aromatic heterocycles. The summed E-state index contributed by atoms with van der Waals surface area (Å²) in [5.74, 6) is -0.398. The van der Waals surface area contributed by atoms with Gasteiger partial charge < -0.3 is 4.90 Å². The molecular formula is C18H16FN5O. The normalized spacial score (nSPS) is 13.6. The highest BCUT2D eigenvalue weighted by Crippen LogP contribution is 2.33. The Hall–Kier alpha value is -3.09. The van der Waals surface area contributed by atoms with Crippen molar-refractivity contribution in [3.63, 3.8) is 0 Å². The number of tetrazole rings is 1. The van der Waals surface area contributed by atoms with E-state index in [9.17, 15) is 9.18 Å². The van der Waals surface area contributed by atoms with Gasteiger partial charge in [-0.05, 0) is 60.0 Å². The molecule has 2 aromatic carbocycles. The van der Waals surface area contributed by atoms with Gasteiger partial charge in [0.25, 0.3) is 5.91 Å². The molecular weight excluding hydrogens is 321 g/mol. The number of carbonyl (C=O) groups excluding carboxylic acids is 1. The maximum Gasteiger partial charge on any atom is 0.258 e. The number of hydrogen-bond acceptors (Lipinski definition) is 4. The Balaban J connectivity index is 1.74. The van der Waals surface area contributed by atoms with Gasteiger partial charge in [0, 0.05) is 17.7 Å². The summed E-state index contributed by atoms with van der Waals surface area (Å²) in [5, 5.41) is 11.1. The van der Waals surface area contributed by atoms with Crippen molar-refractivity contribution in [2.75, 3.05) is 11.4 Å². The molecule has 1 aliphatic rings. The molecule has 4 rings (SSSR count). The Kier molecular flexibility index (Phi) is 3.76. The summed E-state index contributed by atoms with van der Waals surface area (Å²) in [7, 11) is 0. The summed E-state index contributed by atoms with van der Waals surface area (Å²) in [5.41, 5.74) is 3.44. The second-order valence-corrected chi connectivity index (χ2v) is 6.06. The molecule has 3 aromatic rings. The van der Waals surface area contributed by atoms with Gasteiger partial charge in [0.2, 0.25) is 0 Å². The summed E-state index contributed by atoms with van der Waals surface area (Å²) >= 11 is 0. The van der Waals surface area contributed by atoms with Crippen LogP contribution in [0.5, 0.6) is 0 Å². The number of carbonyl (C=O) groups is 1. The fraction of sp³-hybridized carbons (Fsp3) is 0.222. The van der Waals surface area contributed by atoms with Gasteiger partial charge in [-0.15, -0.1) is 5.10 Å². The average Bonchev–Trinajstić information content (AvgIpc) is 3.19. The lowest BCUT2D eigenvalue weighted by Gasteiger charge is -2.31. The maximum atomic E-state index is 14.2. The van der Waals surface area contributed by atoms with Gasteiger partial charge in [0.05, 0.1) is 11.4 Å². The molecule has 0 unspecified atom stereocenters. The molecule has 1 amide bonds. The van der Waals surface area contributed by atoms with E-state index in [2.05, 4.69) is 15.5 Å². The lowest BCUT2D eigenvalue weighted by Crippen LogP contribution is -2.36. The quantitative estimate of drug-likeness (QED) is 0.721. The minimum atomic E-state index is -0.249. The van der Waals surface area contributed by atoms with Crippen LogP contribution in [0.4, 0.5) is 10.1 Å². The third kappa shape index (κ3) is 2.67. The van der Waals surface area contributed by atoms with Gasteiger partial charge in [-0.25, -0.2) is 9.07 Å². The standard InChI is InChI=1S/C18H16FN5O/c1-12-7-8-16(19)15-6-3-9-23(17(12)15)18(25)13-4-2-5-14(10-13)24-11-20-21-22-24/h2,4-5,7-8,10-11H,3,6,9H2,1H3. The largest absolute Gasteiger partial charge is 0.308 e. The Morgan fingerprint density at radius 3 is 2.92 bits per heavy atom. The van der Waals surface area contributed by atoms with Gasteiger partial charge in [-0.3, -0.25) is 4.79 Å². The number of nitrogens with zero attached hydrogens (tertiary/aromatic N) is 5. The minimum absolute atomic E-state index is 0.149. The second kappa shape index (κ2) is 6.08. The highest BCUT2D eigenvalue weighted by molar-refractivity contribution is 6.07. The van der Waals surface area contributed by atoms with Crippen LogP contribution in [0.15, 0.2) is 42.7 Å². The van der Waals surface area contributed by atoms with E-state index in [1.54, 1.807) is 29.2 Å². The monoisotopic (exact) mass is 337 g/mol. The lowest BCUT2D eigenvalue weighted by atomic mass is 9.96. The van der Waals surface area contributed by atoms with Gasteiger partial charge >= 0.3 is 0 Å². The number of hydrogen-bond donors (Lipinski definition) is 0. The summed E-state index contributed by atoms with van der Waals surface area (Å²) in [4.78, 5) is 14.8. The number of rotatable bonds is 2. The minimum Gasteiger partial charge on any atom is -0.308 e. The fourth-order valence-electron chi connectivity index (χ4n) is 3.29. The van der Waals surface area contributed by atoms with Crippen LogP contribution in [-0.4, -0.2) is 32.7 Å². The molecule has 0 saturated carbocycles. The molecule has 0 radical (unpaired) electrons. The third-order valence-corrected chi connectivity index (χ3v) is 4.46. The molecule has 0 atom stereocenters. The SMILES string of the molecule is Cc1ccc(F)c2c1N(C(=O)c1cccc(-n3cnnn3)c1)CCC2. The van der Waals surface area contributed by atoms with Gasteiger partial charge in [-0.2, -0.15) is 0 Å². The third-order valence-electron chi connectivity index (χ3n) is 4.46. The first-order valence-electron chi connectivity index (χ1n) is 8.08. The van der Waals surface area contributed by atoms with Crippen molar-refractivity contribution in [2.24, 2.45) is 0 Å². The van der Waals surface area contributed by atoms with Crippen molar-refractivity contribution in [3.05, 3.63) is 65.2 Å². The van der Waals surface area contributed by atoms with E-state index in [0.29, 0.717) is 35.5 Å². The number of aryl methyl sites for hydroxylation is 1. The lowest BCUT2D eigenvalue weighted by molar-refractivity contribution is 0.0985. The topological polar surface area (TPSA) is 63.9 Å². The number of halogens is 1. The van der Waals surface area contributed by atoms with Crippen molar-refractivity contribution in [2.45, 2.75) is 19.8 Å². The molecule has 2 heterocycles. The van der Waals surface area contributed by atoms with Crippen molar-refractivity contribution in [3.8, 4) is 5.69 Å². The maximum absolute atomic E-state index is 14.2. The number of benzene rings is 2. The highest BCUT2D eigenvalue weighted by Gasteiger charge is 2.27. The summed E-state index contributed by atoms with van der Waals surface area (Å²) in [6.45, 7) is 2.48. The molecule has 0 N–H and O–H groups in total. The van der Waals surface area contributed by atoms with Crippen LogP contribution in [0.1, 0.15) is 27.9 Å². The van der Waals surface area contributed by atoms with Crippen molar-refractivity contribution in [1.82, 2.24) is 20.2 Å². The summed E-state index contributed by atoms with van der Waals surface area (Å²) in [6.07, 6.45) is 2.86. The predicted octanol–water partition coefficient (Wildman–Crippen LogP) is 2.70. The van der Waals surface area contributed by atoms with Crippen LogP contribution < -0.4 is 4.90 Å². The Morgan fingerprint density at radius 1 is 1.24 bits per heavy atom. The Bertz CT molecular complexity index is 939. The van der Waals surface area contributed by atoms with E-state index in [0.717, 1.165) is 12.0 Å². The smallest absolute Gasteiger partial charge is 0.258 e. The number of amides is 1. The average molecular weight is 337 g/mol. The molecule has 0 fully saturated rings. The van der Waals surface area contributed by atoms with E-state index in [1.807, 2.05) is 13.0 Å². The van der Waals surface area contributed by atoms with Crippen LogP contribution >= 0.6 is 0 Å². The molecule has 6 nitrogen and oxygen atoms in total. The Labute approximate surface area is 143 Å². The molecule has 7 heteroatoms. The molecule has 126 valence electrons. The molecule has 0 saturated heterocycles. The van der Waals surface area contributed by atoms with Crippen molar-refractivity contribution >= 4 is 11.6 Å². The van der Waals surface area contributed by atoms with E-state index >= 15 is 0 Å². The van der Waals surface area contributed by atoms with E-state index in [-0.39, 0.29) is 11.7 Å². The van der Waals surface area contributed by atoms with Crippen LogP contribution in [0.3, 0.4) is 0 Å². The van der Waals surface area contributed by atoms with Gasteiger partial charge in [-0.1, -0.05) is 12.1 Å². The molecule has 25 heavy (non-hydrogen) atoms. The van der Waals surface area contributed by atoms with Crippen molar-refractivity contribution in [1.29, 1.82) is 0 Å². The zero-order valence-electron chi connectivity index (χ0n) is 13.7. The summed E-state index contributed by atoms with van der Waals surface area (Å²) < 4.78 is 15.7. The highest BCUT2D eigenvalue weighted by atomic mass is 19.1. The second-order valence-electron chi connectivity index (χ2n) is 6.06. The molecule has 0 aliphatic carbocycles. The first-order valence-corrected chi connectivity index (χ1v) is 8.08. The summed E-state index contributed by atoms with van der Waals surface area (Å²) in [6, 6.07) is 10.3. The van der Waals surface area contributed by atoms with Crippen molar-refractivity contribution < 1.29 is 9.18 Å². The molecule has 1 aliphatic heterocycles. The first-order chi connectivity index (χ1) is 12.1. The first kappa shape index (κ1) is 15.4. The zero-order valence-corrected chi connectivity index (χ0v) is 13.7. The predicted molar refractivity (Wildman–Crippen MR) is 90.3 cm³/mol. The zero-order chi connectivity index (χ0) is 17.4. The fourth-order valence-corrected chi connectivity index (χ4v) is 3.29. The Morgan fingerprint density at radius 2 is 2.12 bits per heavy atom. The number of fused-ring (bicyclic) bond motifs is 1. The number of aromatic nitrogens is 4. The van der Waals surface area contributed by atoms with Crippen LogP contribution in [0.2, 0.25) is 0 Å². The van der Waals surface area contributed by atoms with Crippen LogP contribution in [0.25, 0.3) is 5.69 Å². The van der Waals surface area contributed by atoms with E-state index in [1.165, 1.54) is 17.1 Å². The van der Waals surface area contributed by atoms with E-state index < -0.39 is 0 Å². The van der Waals surface area contributed by atoms with Gasteiger partial charge in [0.15, 0.2) is 0 Å². The van der Waals surface area contributed by atoms with Crippen LogP contribution in [-0.2, 0) is 6.42 Å². The number of anilines is 1. The van der Waals surface area contributed by atoms with Crippen LogP contribution in [0, 0.1) is 12.7 Å². The van der Waals surface area contributed by atoms with E-state index in [4.69, 9.17) is 0 Å². The van der Waals surface area contributed by atoms with Gasteiger partial charge in [0.1, 0.15) is 12.1 Å². The molecule has 0 bridgehead atoms.